The first-order valence-corrected chi connectivity index (χ1v) is 10.7. The van der Waals surface area contributed by atoms with E-state index in [2.05, 4.69) is 22.1 Å². The second-order valence-corrected chi connectivity index (χ2v) is 8.65. The minimum atomic E-state index is -0.606. The van der Waals surface area contributed by atoms with Crippen molar-refractivity contribution in [3.05, 3.63) is 88.5 Å². The number of hydrogen-bond acceptors (Lipinski definition) is 5. The molecule has 33 heavy (non-hydrogen) atoms. The van der Waals surface area contributed by atoms with Crippen molar-refractivity contribution in [3.8, 4) is 34.4 Å². The topological polar surface area (TPSA) is 89.4 Å². The van der Waals surface area contributed by atoms with E-state index in [1.165, 1.54) is 4.57 Å². The van der Waals surface area contributed by atoms with E-state index in [0.717, 1.165) is 34.6 Å². The second kappa shape index (κ2) is 7.68. The number of nitrogens with zero attached hydrogens (tertiary/aromatic N) is 6. The number of benzene rings is 1. The molecule has 1 aliphatic rings. The quantitative estimate of drug-likeness (QED) is 0.483. The van der Waals surface area contributed by atoms with Crippen LogP contribution in [0.15, 0.2) is 65.9 Å². The minimum Gasteiger partial charge on any atom is -0.301 e. The van der Waals surface area contributed by atoms with Gasteiger partial charge in [0.1, 0.15) is 0 Å². The summed E-state index contributed by atoms with van der Waals surface area (Å²) in [7, 11) is 1.72. The highest BCUT2D eigenvalue weighted by Crippen LogP contribution is 2.27. The van der Waals surface area contributed by atoms with Crippen LogP contribution in [-0.4, -0.2) is 24.1 Å². The van der Waals surface area contributed by atoms with Crippen LogP contribution in [0, 0.1) is 11.3 Å². The van der Waals surface area contributed by atoms with Gasteiger partial charge in [-0.25, -0.2) is 9.78 Å². The summed E-state index contributed by atoms with van der Waals surface area (Å²) in [6.45, 7) is 3.74. The molecule has 3 aromatic heterocycles. The molecule has 0 aliphatic heterocycles. The van der Waals surface area contributed by atoms with Crippen molar-refractivity contribution < 1.29 is 0 Å². The van der Waals surface area contributed by atoms with Crippen molar-refractivity contribution in [1.82, 2.24) is 24.1 Å². The number of hydrogen-bond donors (Lipinski definition) is 0. The van der Waals surface area contributed by atoms with Crippen LogP contribution in [0.3, 0.4) is 0 Å². The first-order valence-electron chi connectivity index (χ1n) is 10.7. The summed E-state index contributed by atoms with van der Waals surface area (Å²) in [5.41, 5.74) is 5.66. The molecule has 0 N–H and O–H groups in total. The lowest BCUT2D eigenvalue weighted by atomic mass is 9.86. The van der Waals surface area contributed by atoms with Crippen molar-refractivity contribution >= 4 is 6.08 Å². The van der Waals surface area contributed by atoms with E-state index in [0.29, 0.717) is 17.1 Å². The smallest absolute Gasteiger partial charge is 0.301 e. The van der Waals surface area contributed by atoms with Gasteiger partial charge in [0.15, 0.2) is 0 Å². The molecule has 0 amide bonds. The van der Waals surface area contributed by atoms with Crippen LogP contribution in [0.1, 0.15) is 30.8 Å². The number of imidazole rings is 1. The molecule has 7 heteroatoms. The minimum absolute atomic E-state index is 0.174. The highest BCUT2D eigenvalue weighted by atomic mass is 16.1. The fourth-order valence-electron chi connectivity index (χ4n) is 3.95. The number of aromatic nitrogens is 5. The fraction of sp³-hybridized carbons (Fsp3) is 0.192. The van der Waals surface area contributed by atoms with Gasteiger partial charge in [-0.1, -0.05) is 18.2 Å². The number of fused-ring (bicyclic) bond motifs is 1. The van der Waals surface area contributed by atoms with Crippen molar-refractivity contribution in [3.63, 3.8) is 0 Å². The predicted octanol–water partition coefficient (Wildman–Crippen LogP) is 4.07. The van der Waals surface area contributed by atoms with E-state index >= 15 is 0 Å². The van der Waals surface area contributed by atoms with Crippen molar-refractivity contribution in [2.24, 2.45) is 7.05 Å². The molecule has 0 spiro atoms. The number of rotatable bonds is 4. The van der Waals surface area contributed by atoms with Gasteiger partial charge in [-0.05, 0) is 49.8 Å². The molecule has 3 heterocycles. The highest BCUT2D eigenvalue weighted by molar-refractivity contribution is 5.68. The molecule has 4 aromatic rings. The Hall–Kier alpha value is -4.31. The zero-order chi connectivity index (χ0) is 23.2. The van der Waals surface area contributed by atoms with Crippen molar-refractivity contribution in [2.45, 2.75) is 25.7 Å². The largest absolute Gasteiger partial charge is 0.333 e. The molecule has 0 radical (unpaired) electrons. The molecule has 0 fully saturated rings. The number of aryl methyl sites for hydroxylation is 1. The first-order chi connectivity index (χ1) is 15.9. The predicted molar refractivity (Wildman–Crippen MR) is 127 cm³/mol. The van der Waals surface area contributed by atoms with E-state index in [4.69, 9.17) is 4.98 Å². The number of pyridine rings is 1. The summed E-state index contributed by atoms with van der Waals surface area (Å²) in [4.78, 5) is 26.8. The number of nitriles is 1. The Labute approximate surface area is 191 Å². The third kappa shape index (κ3) is 3.56. The Balaban J connectivity index is 1.59. The average molecular weight is 435 g/mol. The molecule has 0 saturated heterocycles. The van der Waals surface area contributed by atoms with Gasteiger partial charge >= 0.3 is 5.69 Å². The lowest BCUT2D eigenvalue weighted by molar-refractivity contribution is 0.686. The summed E-state index contributed by atoms with van der Waals surface area (Å²) in [5.74, 6) is 0. The van der Waals surface area contributed by atoms with Gasteiger partial charge in [-0.15, -0.1) is 0 Å². The number of allylic oxidation sites excluding steroid dienone is 1. The summed E-state index contributed by atoms with van der Waals surface area (Å²) >= 11 is 0. The Kier molecular flexibility index (Phi) is 4.79. The molecule has 5 rings (SSSR count). The van der Waals surface area contributed by atoms with Crippen LogP contribution < -0.4 is 5.69 Å². The van der Waals surface area contributed by atoms with Crippen LogP contribution in [0.5, 0.6) is 0 Å². The lowest BCUT2D eigenvalue weighted by Crippen LogP contribution is -2.21. The standard InChI is InChI=1S/C26H22N6O/c1-26(2,16-27)18-7-9-19(10-8-18)32-24(15-31(3)25(32)33)22-13-17(11-12-28-22)23-14-29-20-5-4-6-21(20)30-23/h4,6-15H,5H2,1-3H3. The molecule has 0 atom stereocenters. The van der Waals surface area contributed by atoms with Gasteiger partial charge in [0.25, 0.3) is 0 Å². The lowest BCUT2D eigenvalue weighted by Gasteiger charge is -2.16. The average Bonchev–Trinajstić information content (AvgIpc) is 3.43. The molecule has 0 saturated carbocycles. The Morgan fingerprint density at radius 1 is 1.09 bits per heavy atom. The van der Waals surface area contributed by atoms with E-state index in [1.807, 2.05) is 56.3 Å². The molecule has 162 valence electrons. The van der Waals surface area contributed by atoms with Crippen molar-refractivity contribution in [2.75, 3.05) is 0 Å². The maximum atomic E-state index is 13.0. The molecular formula is C26H22N6O. The first kappa shape index (κ1) is 20.6. The summed E-state index contributed by atoms with van der Waals surface area (Å²) in [6.07, 6.45) is 10.1. The van der Waals surface area contributed by atoms with E-state index < -0.39 is 5.41 Å². The van der Waals surface area contributed by atoms with Gasteiger partial charge in [0, 0.05) is 31.4 Å². The van der Waals surface area contributed by atoms with Gasteiger partial charge < -0.3 is 4.57 Å². The monoisotopic (exact) mass is 434 g/mol. The maximum absolute atomic E-state index is 13.0. The Morgan fingerprint density at radius 3 is 2.64 bits per heavy atom. The van der Waals surface area contributed by atoms with Crippen LogP contribution in [0.25, 0.3) is 34.4 Å². The zero-order valence-corrected chi connectivity index (χ0v) is 18.6. The molecule has 1 aliphatic carbocycles. The highest BCUT2D eigenvalue weighted by Gasteiger charge is 2.21. The van der Waals surface area contributed by atoms with Crippen LogP contribution >= 0.6 is 0 Å². The van der Waals surface area contributed by atoms with Gasteiger partial charge in [0.2, 0.25) is 0 Å². The SMILES string of the molecule is Cn1cc(-c2cc(-c3cnc4c(n3)C=CC4)ccn2)n(-c2ccc(C(C)(C)C#N)cc2)c1=O. The van der Waals surface area contributed by atoms with E-state index in [1.54, 1.807) is 30.2 Å². The van der Waals surface area contributed by atoms with Crippen LogP contribution in [0.2, 0.25) is 0 Å². The van der Waals surface area contributed by atoms with Gasteiger partial charge in [-0.3, -0.25) is 14.5 Å². The molecular weight excluding hydrogens is 412 g/mol. The second-order valence-electron chi connectivity index (χ2n) is 8.65. The van der Waals surface area contributed by atoms with Gasteiger partial charge in [-0.2, -0.15) is 5.26 Å². The van der Waals surface area contributed by atoms with Gasteiger partial charge in [0.05, 0.1) is 51.8 Å². The summed E-state index contributed by atoms with van der Waals surface area (Å²) in [5, 5.41) is 9.42. The Bertz CT molecular complexity index is 1500. The zero-order valence-electron chi connectivity index (χ0n) is 18.6. The van der Waals surface area contributed by atoms with Crippen LogP contribution in [0.4, 0.5) is 0 Å². The molecule has 0 bridgehead atoms. The molecule has 1 aromatic carbocycles. The third-order valence-corrected chi connectivity index (χ3v) is 5.96. The maximum Gasteiger partial charge on any atom is 0.333 e. The molecule has 0 unspecified atom stereocenters. The van der Waals surface area contributed by atoms with E-state index in [9.17, 15) is 10.1 Å². The summed E-state index contributed by atoms with van der Waals surface area (Å²) < 4.78 is 3.17. The third-order valence-electron chi connectivity index (χ3n) is 5.96. The Morgan fingerprint density at radius 2 is 1.88 bits per heavy atom. The summed E-state index contributed by atoms with van der Waals surface area (Å²) in [6, 6.07) is 13.6. The van der Waals surface area contributed by atoms with E-state index in [-0.39, 0.29) is 5.69 Å². The fourth-order valence-corrected chi connectivity index (χ4v) is 3.95. The molecule has 7 nitrogen and oxygen atoms in total. The van der Waals surface area contributed by atoms with Crippen LogP contribution in [-0.2, 0) is 18.9 Å². The normalized spacial score (nSPS) is 12.5. The van der Waals surface area contributed by atoms with Crippen molar-refractivity contribution in [1.29, 1.82) is 5.26 Å².